The first-order valence-corrected chi connectivity index (χ1v) is 38.5. The fraction of sp³-hybridized carbons (Fsp3) is 0.775. The number of amides is 10. The van der Waals surface area contributed by atoms with Crippen molar-refractivity contribution in [3.05, 3.63) is 11.8 Å². The average molecular weight is 1680 g/mol. The number of aliphatic carboxylic acids is 2. The first-order valence-electron chi connectivity index (χ1n) is 38.5. The maximum absolute atomic E-state index is 15.2. The Labute approximate surface area is 673 Å². The fourth-order valence-electron chi connectivity index (χ4n) is 13.8. The van der Waals surface area contributed by atoms with Gasteiger partial charge in [0.2, 0.25) is 59.1 Å². The van der Waals surface area contributed by atoms with E-state index in [1.165, 1.54) is 38.1 Å². The Kier molecular flexibility index (Phi) is 39.0. The van der Waals surface area contributed by atoms with Crippen molar-refractivity contribution in [2.45, 2.75) is 297 Å². The van der Waals surface area contributed by atoms with E-state index in [1.807, 2.05) is 0 Å². The normalized spacial score (nSPS) is 29.4. The largest absolute Gasteiger partial charge is 0.481 e. The summed E-state index contributed by atoms with van der Waals surface area (Å²) >= 11 is 0. The minimum absolute atomic E-state index is 0.0821. The Bertz CT molecular complexity index is 3470. The average Bonchev–Trinajstić information content (AvgIpc) is 1.27. The van der Waals surface area contributed by atoms with E-state index in [-0.39, 0.29) is 57.4 Å². The molecule has 0 spiro atoms. The van der Waals surface area contributed by atoms with Crippen LogP contribution in [0.2, 0.25) is 0 Å². The molecule has 27 N–H and O–H groups in total. The number of nitrogens with zero attached hydrogens (tertiary/aromatic N) is 3. The van der Waals surface area contributed by atoms with Crippen LogP contribution in [0.4, 0.5) is 0 Å². The van der Waals surface area contributed by atoms with E-state index in [4.69, 9.17) is 45.6 Å². The minimum Gasteiger partial charge on any atom is -0.481 e. The number of hydrogen-bond donors (Lipinski definition) is 24. The van der Waals surface area contributed by atoms with Crippen LogP contribution in [0.25, 0.3) is 0 Å². The number of carboxylic acids is 2. The van der Waals surface area contributed by atoms with Gasteiger partial charge in [0.25, 0.3) is 5.79 Å². The molecular weight excluding hydrogens is 1560 g/mol. The molecule has 0 radical (unpaired) electrons. The predicted molar refractivity (Wildman–Crippen MR) is 399 cm³/mol. The maximum atomic E-state index is 15.2. The number of unbranched alkanes of at least 4 members (excludes halogenated alkanes) is 1. The SMILES string of the molecule is C/C=N\C=C(/C)C[C@H](N)C(=O)NCC(=O)N[C@H](C(=O)N[C@H](C(=O)N[C@@H](CO)C(=O)N[C@@H](C)C(=O)N1CCC[C@H]1C(=O)N[C@@H](CC(=O)O)C(=O)N[C@H](C(=O)N[C@@H](CCCC)C(=O)N1CCC[C@H]1C(C)=O)C(C)O[C@H]1OC(CO[C@]2(C(=O)O)C[C@@H](O)[C@@H](N)C([C@H](O)[C@H](O)CO)O2)[C@H](O)[C@H](O[C@@H]2OC(CO)[C@H](O)C(O)[C@@H]2O)C1N)C(C)O)C(C)C. The molecule has 5 saturated heterocycles. The summed E-state index contributed by atoms with van der Waals surface area (Å²) in [5, 5.41) is 157. The Morgan fingerprint density at radius 3 is 1.81 bits per heavy atom. The number of ether oxygens (including phenoxy) is 6. The second-order valence-electron chi connectivity index (χ2n) is 30.0. The van der Waals surface area contributed by atoms with E-state index < -0.39 is 293 Å². The van der Waals surface area contributed by atoms with Crippen LogP contribution in [0, 0.1) is 5.92 Å². The molecule has 5 fully saturated rings. The molecule has 0 aromatic rings. The smallest absolute Gasteiger partial charge is 0.364 e. The molecule has 5 rings (SSSR count). The Morgan fingerprint density at radius 1 is 0.650 bits per heavy atom. The summed E-state index contributed by atoms with van der Waals surface area (Å²) in [6.07, 6.45) is -28.1. The van der Waals surface area contributed by atoms with Gasteiger partial charge in [-0.25, -0.2) is 4.79 Å². The van der Waals surface area contributed by atoms with Gasteiger partial charge in [-0.15, -0.1) is 0 Å². The number of rotatable bonds is 43. The molecule has 28 atom stereocenters. The highest BCUT2D eigenvalue weighted by Gasteiger charge is 2.57. The van der Waals surface area contributed by atoms with Gasteiger partial charge >= 0.3 is 11.9 Å². The van der Waals surface area contributed by atoms with Gasteiger partial charge in [0.15, 0.2) is 18.4 Å². The van der Waals surface area contributed by atoms with Gasteiger partial charge in [-0.1, -0.05) is 39.2 Å². The third kappa shape index (κ3) is 26.7. The molecule has 0 aromatic heterocycles. The maximum Gasteiger partial charge on any atom is 0.364 e. The zero-order valence-corrected chi connectivity index (χ0v) is 66.5. The second-order valence-corrected chi connectivity index (χ2v) is 30.0. The predicted octanol–water partition coefficient (Wildman–Crippen LogP) is -11.5. The summed E-state index contributed by atoms with van der Waals surface area (Å²) in [7, 11) is 0. The van der Waals surface area contributed by atoms with Crippen LogP contribution in [-0.4, -0.2) is 375 Å². The van der Waals surface area contributed by atoms with E-state index in [0.29, 0.717) is 18.4 Å². The molecule has 117 heavy (non-hydrogen) atoms. The summed E-state index contributed by atoms with van der Waals surface area (Å²) < 4.78 is 35.3. The van der Waals surface area contributed by atoms with E-state index in [2.05, 4.69) is 47.5 Å². The van der Waals surface area contributed by atoms with Gasteiger partial charge in [-0.05, 0) is 86.0 Å². The molecule has 0 aliphatic carbocycles. The highest BCUT2D eigenvalue weighted by molar-refractivity contribution is 6.00. The van der Waals surface area contributed by atoms with E-state index in [9.17, 15) is 124 Å². The van der Waals surface area contributed by atoms with Crippen LogP contribution in [0.15, 0.2) is 16.8 Å². The first kappa shape index (κ1) is 99.5. The van der Waals surface area contributed by atoms with Crippen molar-refractivity contribution in [1.29, 1.82) is 0 Å². The number of aliphatic hydroxyl groups excluding tert-OH is 11. The molecule has 5 heterocycles. The van der Waals surface area contributed by atoms with Crippen molar-refractivity contribution >= 4 is 83.0 Å². The number of carboxylic acid groups (broad SMARTS) is 2. The van der Waals surface area contributed by atoms with Crippen molar-refractivity contribution in [2.75, 3.05) is 46.1 Å². The molecule has 7 unspecified atom stereocenters. The Balaban J connectivity index is 1.42. The lowest BCUT2D eigenvalue weighted by molar-refractivity contribution is -0.355. The van der Waals surface area contributed by atoms with Crippen LogP contribution in [0.3, 0.4) is 0 Å². The van der Waals surface area contributed by atoms with Gasteiger partial charge in [0, 0.05) is 31.9 Å². The lowest BCUT2D eigenvalue weighted by Crippen LogP contribution is -2.69. The molecule has 0 bridgehead atoms. The van der Waals surface area contributed by atoms with E-state index >= 15 is 4.79 Å². The third-order valence-electron chi connectivity index (χ3n) is 20.5. The first-order chi connectivity index (χ1) is 54.9. The monoisotopic (exact) mass is 1680 g/mol. The van der Waals surface area contributed by atoms with Crippen molar-refractivity contribution in [1.82, 2.24) is 52.3 Å². The van der Waals surface area contributed by atoms with Crippen LogP contribution in [0.5, 0.6) is 0 Å². The van der Waals surface area contributed by atoms with Crippen molar-refractivity contribution in [3.63, 3.8) is 0 Å². The highest BCUT2D eigenvalue weighted by atomic mass is 16.8. The number of nitrogens with one attached hydrogen (secondary N) is 8. The number of Topliss-reactive ketones (excluding diaryl/α,β-unsaturated/α-hetero) is 1. The number of hydrogen-bond acceptors (Lipinski definition) is 34. The second kappa shape index (κ2) is 45.9. The zero-order valence-electron chi connectivity index (χ0n) is 66.5. The van der Waals surface area contributed by atoms with Crippen LogP contribution >= 0.6 is 0 Å². The molecule has 5 aliphatic heterocycles. The van der Waals surface area contributed by atoms with Crippen LogP contribution < -0.4 is 59.7 Å². The summed E-state index contributed by atoms with van der Waals surface area (Å²) in [5.41, 5.74) is 19.4. The van der Waals surface area contributed by atoms with Gasteiger partial charge in [0.05, 0.1) is 81.9 Å². The standard InChI is InChI=1S/C71H118N14O32/c1-10-12-15-36(67(109)84-18-13-16-39(84)32(7)89)78-65(107)51(34(9)113-68-48(74)57(116-69-56(100)55(99)53(97)43(27-88)114-69)54(98)44(115-68)28-112-71(70(110)111)22-41(91)47(73)58(117-71)52(96)42(92)26-87)83-60(102)37(21-46(94)95)79-62(104)40-17-14-19-85(40)66(108)31(6)77-61(103)38(25-86)80-64(106)50(33(8)90)82-63(105)49(29(3)4)81-45(93)24-76-59(101)35(72)20-30(5)23-75-11-2/h11,23,29,31,33-44,47-58,68-69,86-88,90-92,96-100H,10,12-22,24-28,72-74H2,1-9H3,(H,76,101)(H,77,103)(H,78,107)(H,79,104)(H,80,106)(H,81,93)(H,82,105)(H,83,102)(H,94,95)(H,110,111)/b30-23+,75-11-/t31-,33?,34?,35-,36-,37-,38-,39-,40-,41+,42+,43?,44?,47+,48?,49-,50-,51-,52+,53-,54-,55?,56-,57+,58?,68-,69-,71+/m0/s1. The molecule has 10 amide bonds. The van der Waals surface area contributed by atoms with Gasteiger partial charge in [0.1, 0.15) is 109 Å². The van der Waals surface area contributed by atoms with Gasteiger partial charge < -0.3 is 164 Å². The Morgan fingerprint density at radius 2 is 1.24 bits per heavy atom. The molecule has 46 heteroatoms. The quantitative estimate of drug-likeness (QED) is 0.0252. The van der Waals surface area contributed by atoms with Crippen LogP contribution in [-0.2, 0) is 90.8 Å². The number of ketones is 1. The molecule has 664 valence electrons. The fourth-order valence-corrected chi connectivity index (χ4v) is 13.8. The van der Waals surface area contributed by atoms with E-state index in [1.54, 1.807) is 20.8 Å². The summed E-state index contributed by atoms with van der Waals surface area (Å²) in [5.74, 6) is -18.4. The van der Waals surface area contributed by atoms with Crippen molar-refractivity contribution < 1.29 is 157 Å². The molecule has 0 aromatic carbocycles. The summed E-state index contributed by atoms with van der Waals surface area (Å²) in [6.45, 7) is 7.64. The number of aliphatic hydroxyl groups is 11. The van der Waals surface area contributed by atoms with Crippen molar-refractivity contribution in [3.8, 4) is 0 Å². The minimum atomic E-state index is -3.06. The molecule has 46 nitrogen and oxygen atoms in total. The molecule has 0 saturated carbocycles. The molecular formula is C71H118N14O32. The van der Waals surface area contributed by atoms with Gasteiger partial charge in [-0.3, -0.25) is 62.5 Å². The number of carbonyl (C=O) groups excluding carboxylic acids is 11. The number of aliphatic imine (C=N–C) groups is 1. The third-order valence-corrected chi connectivity index (χ3v) is 20.5. The van der Waals surface area contributed by atoms with Crippen LogP contribution in [0.1, 0.15) is 127 Å². The number of nitrogens with two attached hydrogens (primary N) is 3. The molecule has 5 aliphatic rings. The topological polar surface area (TPSA) is 733 Å². The lowest BCUT2D eigenvalue weighted by Gasteiger charge is -2.48. The zero-order chi connectivity index (χ0) is 87.9. The highest BCUT2D eigenvalue weighted by Crippen LogP contribution is 2.36. The Hall–Kier alpha value is -8.08. The lowest BCUT2D eigenvalue weighted by atomic mass is 9.89. The van der Waals surface area contributed by atoms with Crippen molar-refractivity contribution in [2.24, 2.45) is 28.1 Å². The van der Waals surface area contributed by atoms with E-state index in [0.717, 1.165) is 25.7 Å². The summed E-state index contributed by atoms with van der Waals surface area (Å²) in [4.78, 5) is 185. The number of likely N-dealkylation sites (tertiary alicyclic amines) is 2. The van der Waals surface area contributed by atoms with Gasteiger partial charge in [-0.2, -0.15) is 0 Å². The number of carbonyl (C=O) groups is 13. The summed E-state index contributed by atoms with van der Waals surface area (Å²) in [6, 6.07) is -19.7.